The van der Waals surface area contributed by atoms with Crippen LogP contribution in [0, 0.1) is 5.82 Å². The fourth-order valence-electron chi connectivity index (χ4n) is 4.34. The highest BCUT2D eigenvalue weighted by Crippen LogP contribution is 2.45. The van der Waals surface area contributed by atoms with Gasteiger partial charge in [0.25, 0.3) is 0 Å². The summed E-state index contributed by atoms with van der Waals surface area (Å²) in [7, 11) is 0. The van der Waals surface area contributed by atoms with Gasteiger partial charge in [-0.1, -0.05) is 17.7 Å². The van der Waals surface area contributed by atoms with Crippen LogP contribution in [0.5, 0.6) is 0 Å². The van der Waals surface area contributed by atoms with Gasteiger partial charge in [0.05, 0.1) is 18.8 Å². The van der Waals surface area contributed by atoms with Gasteiger partial charge >= 0.3 is 0 Å². The largest absolute Gasteiger partial charge is 0.376 e. The summed E-state index contributed by atoms with van der Waals surface area (Å²) in [6.45, 7) is 6.17. The zero-order valence-corrected chi connectivity index (χ0v) is 17.8. The molecule has 1 aromatic carbocycles. The number of hydrogen-bond acceptors (Lipinski definition) is 3. The summed E-state index contributed by atoms with van der Waals surface area (Å²) in [5, 5.41) is 4.06. The molecule has 2 saturated heterocycles. The molecule has 7 heteroatoms. The SMILES string of the molecule is CCN=C(NC1CC1c1c(F)cccc1Cl)N1CCC(OCC2CCCO2)CC1. The molecular formula is C22H31ClFN3O2. The normalized spacial score (nSPS) is 28.0. The molecule has 0 spiro atoms. The topological polar surface area (TPSA) is 46.1 Å². The molecule has 1 saturated carbocycles. The van der Waals surface area contributed by atoms with E-state index in [4.69, 9.17) is 21.1 Å². The number of rotatable bonds is 6. The van der Waals surface area contributed by atoms with Gasteiger partial charge in [-0.25, -0.2) is 4.39 Å². The van der Waals surface area contributed by atoms with Crippen LogP contribution in [0.1, 0.15) is 50.5 Å². The van der Waals surface area contributed by atoms with Gasteiger partial charge in [-0.3, -0.25) is 4.99 Å². The zero-order valence-electron chi connectivity index (χ0n) is 17.1. The smallest absolute Gasteiger partial charge is 0.194 e. The highest BCUT2D eigenvalue weighted by molar-refractivity contribution is 6.31. The molecule has 160 valence electrons. The lowest BCUT2D eigenvalue weighted by Gasteiger charge is -2.34. The second kappa shape index (κ2) is 9.63. The van der Waals surface area contributed by atoms with Gasteiger partial charge in [0.2, 0.25) is 0 Å². The molecule has 2 heterocycles. The molecule has 2 aliphatic heterocycles. The monoisotopic (exact) mass is 423 g/mol. The van der Waals surface area contributed by atoms with Gasteiger partial charge in [-0.15, -0.1) is 0 Å². The fourth-order valence-corrected chi connectivity index (χ4v) is 4.65. The van der Waals surface area contributed by atoms with Crippen molar-refractivity contribution >= 4 is 17.6 Å². The van der Waals surface area contributed by atoms with Crippen LogP contribution in [0.15, 0.2) is 23.2 Å². The Balaban J connectivity index is 1.27. The molecular weight excluding hydrogens is 393 g/mol. The van der Waals surface area contributed by atoms with E-state index in [0.29, 0.717) is 23.3 Å². The van der Waals surface area contributed by atoms with E-state index in [1.54, 1.807) is 12.1 Å². The molecule has 0 amide bonds. The maximum absolute atomic E-state index is 14.2. The highest BCUT2D eigenvalue weighted by Gasteiger charge is 2.42. The van der Waals surface area contributed by atoms with Gasteiger partial charge in [-0.05, 0) is 51.2 Å². The predicted molar refractivity (Wildman–Crippen MR) is 113 cm³/mol. The van der Waals surface area contributed by atoms with Crippen molar-refractivity contribution in [3.63, 3.8) is 0 Å². The highest BCUT2D eigenvalue weighted by atomic mass is 35.5. The third-order valence-electron chi connectivity index (χ3n) is 6.07. The Labute approximate surface area is 177 Å². The third-order valence-corrected chi connectivity index (χ3v) is 6.40. The lowest BCUT2D eigenvalue weighted by Crippen LogP contribution is -2.48. The van der Waals surface area contributed by atoms with Gasteiger partial charge in [0.1, 0.15) is 5.82 Å². The number of hydrogen-bond donors (Lipinski definition) is 1. The van der Waals surface area contributed by atoms with Crippen LogP contribution >= 0.6 is 11.6 Å². The summed E-state index contributed by atoms with van der Waals surface area (Å²) in [4.78, 5) is 6.98. The maximum Gasteiger partial charge on any atom is 0.194 e. The Bertz CT molecular complexity index is 698. The quantitative estimate of drug-likeness (QED) is 0.555. The zero-order chi connectivity index (χ0) is 20.2. The second-order valence-corrected chi connectivity index (χ2v) is 8.59. The van der Waals surface area contributed by atoms with Crippen molar-refractivity contribution in [3.05, 3.63) is 34.6 Å². The van der Waals surface area contributed by atoms with Gasteiger partial charge < -0.3 is 19.7 Å². The molecule has 0 radical (unpaired) electrons. The lowest BCUT2D eigenvalue weighted by atomic mass is 10.1. The van der Waals surface area contributed by atoms with Crippen LogP contribution < -0.4 is 5.32 Å². The fraction of sp³-hybridized carbons (Fsp3) is 0.682. The third kappa shape index (κ3) is 5.22. The summed E-state index contributed by atoms with van der Waals surface area (Å²) in [5.41, 5.74) is 0.628. The van der Waals surface area contributed by atoms with Crippen LogP contribution in [0.3, 0.4) is 0 Å². The first-order chi connectivity index (χ1) is 14.2. The van der Waals surface area contributed by atoms with Crippen molar-refractivity contribution in [1.29, 1.82) is 0 Å². The van der Waals surface area contributed by atoms with Crippen molar-refractivity contribution in [3.8, 4) is 0 Å². The standard InChI is InChI=1S/C22H31ClFN3O2/c1-2-25-22(26-20-13-17(20)21-18(23)6-3-7-19(21)24)27-10-8-15(9-11-27)29-14-16-5-4-12-28-16/h3,6-7,15-17,20H,2,4-5,8-14H2,1H3,(H,25,26). The number of guanidine groups is 1. The average molecular weight is 424 g/mol. The molecule has 0 aromatic heterocycles. The van der Waals surface area contributed by atoms with Crippen molar-refractivity contribution in [2.75, 3.05) is 32.8 Å². The van der Waals surface area contributed by atoms with Crippen LogP contribution in [-0.4, -0.2) is 62.0 Å². The van der Waals surface area contributed by atoms with E-state index in [1.807, 2.05) is 6.92 Å². The predicted octanol–water partition coefficient (Wildman–Crippen LogP) is 3.96. The molecule has 1 N–H and O–H groups in total. The first-order valence-corrected chi connectivity index (χ1v) is 11.3. The first kappa shape index (κ1) is 20.9. The number of halogens is 2. The molecule has 3 unspecified atom stereocenters. The number of likely N-dealkylation sites (tertiary alicyclic amines) is 1. The Morgan fingerprint density at radius 1 is 1.34 bits per heavy atom. The van der Waals surface area contributed by atoms with Crippen molar-refractivity contribution < 1.29 is 13.9 Å². The first-order valence-electron chi connectivity index (χ1n) is 10.9. The number of benzene rings is 1. The summed E-state index contributed by atoms with van der Waals surface area (Å²) in [6, 6.07) is 5.08. The van der Waals surface area contributed by atoms with E-state index in [9.17, 15) is 4.39 Å². The summed E-state index contributed by atoms with van der Waals surface area (Å²) < 4.78 is 25.9. The summed E-state index contributed by atoms with van der Waals surface area (Å²) in [6.07, 6.45) is 5.70. The van der Waals surface area contributed by atoms with Crippen LogP contribution in [0.4, 0.5) is 4.39 Å². The minimum atomic E-state index is -0.218. The molecule has 3 aliphatic rings. The minimum absolute atomic E-state index is 0.109. The molecule has 1 aliphatic carbocycles. The van der Waals surface area contributed by atoms with Crippen LogP contribution in [0.25, 0.3) is 0 Å². The molecule has 1 aromatic rings. The van der Waals surface area contributed by atoms with E-state index in [0.717, 1.165) is 64.3 Å². The number of nitrogens with zero attached hydrogens (tertiary/aromatic N) is 2. The number of aliphatic imine (C=N–C) groups is 1. The van der Waals surface area contributed by atoms with E-state index < -0.39 is 0 Å². The number of ether oxygens (including phenoxy) is 2. The summed E-state index contributed by atoms with van der Waals surface area (Å²) in [5.74, 6) is 0.813. The number of piperidine rings is 1. The number of nitrogens with one attached hydrogen (secondary N) is 1. The Morgan fingerprint density at radius 3 is 2.86 bits per heavy atom. The molecule has 29 heavy (non-hydrogen) atoms. The Hall–Kier alpha value is -1.37. The van der Waals surface area contributed by atoms with E-state index in [1.165, 1.54) is 6.07 Å². The molecule has 3 fully saturated rings. The maximum atomic E-state index is 14.2. The van der Waals surface area contributed by atoms with Crippen LogP contribution in [-0.2, 0) is 9.47 Å². The van der Waals surface area contributed by atoms with Crippen LogP contribution in [0.2, 0.25) is 5.02 Å². The average Bonchev–Trinajstić information content (AvgIpc) is 3.25. The molecule has 4 rings (SSSR count). The lowest BCUT2D eigenvalue weighted by molar-refractivity contribution is -0.0367. The van der Waals surface area contributed by atoms with Gasteiger partial charge in [0, 0.05) is 48.8 Å². The van der Waals surface area contributed by atoms with Gasteiger partial charge in [-0.2, -0.15) is 0 Å². The minimum Gasteiger partial charge on any atom is -0.376 e. The van der Waals surface area contributed by atoms with E-state index in [2.05, 4.69) is 15.2 Å². The second-order valence-electron chi connectivity index (χ2n) is 8.18. The summed E-state index contributed by atoms with van der Waals surface area (Å²) >= 11 is 6.24. The molecule has 3 atom stereocenters. The van der Waals surface area contributed by atoms with Crippen molar-refractivity contribution in [2.45, 2.75) is 63.2 Å². The molecule has 5 nitrogen and oxygen atoms in total. The Morgan fingerprint density at radius 2 is 2.17 bits per heavy atom. The van der Waals surface area contributed by atoms with E-state index >= 15 is 0 Å². The van der Waals surface area contributed by atoms with Crippen molar-refractivity contribution in [1.82, 2.24) is 10.2 Å². The van der Waals surface area contributed by atoms with Crippen molar-refractivity contribution in [2.24, 2.45) is 4.99 Å². The molecule has 0 bridgehead atoms. The van der Waals surface area contributed by atoms with E-state index in [-0.39, 0.29) is 23.9 Å². The Kier molecular flexibility index (Phi) is 6.93. The van der Waals surface area contributed by atoms with Gasteiger partial charge in [0.15, 0.2) is 5.96 Å².